The van der Waals surface area contributed by atoms with E-state index in [1.54, 1.807) is 0 Å². The minimum absolute atomic E-state index is 0.129. The van der Waals surface area contributed by atoms with Crippen molar-refractivity contribution in [3.8, 4) is 34.4 Å². The van der Waals surface area contributed by atoms with Crippen molar-refractivity contribution >= 4 is 0 Å². The van der Waals surface area contributed by atoms with Gasteiger partial charge in [0.2, 0.25) is 0 Å². The van der Waals surface area contributed by atoms with Gasteiger partial charge in [0, 0.05) is 13.2 Å². The third-order valence-electron chi connectivity index (χ3n) is 7.08. The molecule has 2 unspecified atom stereocenters. The number of ether oxygens (including phenoxy) is 4. The quantitative estimate of drug-likeness (QED) is 0.331. The van der Waals surface area contributed by atoms with Gasteiger partial charge in [0.15, 0.2) is 12.6 Å². The van der Waals surface area contributed by atoms with E-state index in [0.717, 1.165) is 85.1 Å². The third-order valence-corrected chi connectivity index (χ3v) is 7.08. The Labute approximate surface area is 224 Å². The molecular formula is C32H32N2O4. The Kier molecular flexibility index (Phi) is 8.81. The fourth-order valence-electron chi connectivity index (χ4n) is 4.89. The first-order valence-corrected chi connectivity index (χ1v) is 13.4. The van der Waals surface area contributed by atoms with E-state index >= 15 is 0 Å². The van der Waals surface area contributed by atoms with E-state index in [9.17, 15) is 10.5 Å². The highest BCUT2D eigenvalue weighted by Gasteiger charge is 2.17. The Bertz CT molecular complexity index is 1190. The molecule has 6 nitrogen and oxygen atoms in total. The van der Waals surface area contributed by atoms with Crippen molar-refractivity contribution in [3.05, 3.63) is 82.9 Å². The summed E-state index contributed by atoms with van der Waals surface area (Å²) in [5.74, 6) is 0. The van der Waals surface area contributed by atoms with Crippen LogP contribution in [0.15, 0.2) is 60.7 Å². The van der Waals surface area contributed by atoms with Crippen molar-refractivity contribution in [3.63, 3.8) is 0 Å². The van der Waals surface area contributed by atoms with Crippen LogP contribution < -0.4 is 0 Å². The number of nitrogens with zero attached hydrogens (tertiary/aromatic N) is 2. The fraction of sp³-hybridized carbons (Fsp3) is 0.375. The zero-order valence-electron chi connectivity index (χ0n) is 21.5. The lowest BCUT2D eigenvalue weighted by atomic mass is 9.90. The summed E-state index contributed by atoms with van der Waals surface area (Å²) in [5.41, 5.74) is 6.61. The summed E-state index contributed by atoms with van der Waals surface area (Å²) in [6, 6.07) is 24.3. The van der Waals surface area contributed by atoms with E-state index in [1.807, 2.05) is 60.7 Å². The molecule has 2 fully saturated rings. The lowest BCUT2D eigenvalue weighted by Gasteiger charge is -2.22. The standard InChI is InChI=1S/C32H32N2O4/c33-19-27-17-29(25-11-7-23(8-12-25)21-37-31-5-1-3-15-35-31)30(18-28(27)20-34)26-13-9-24(10-14-26)22-38-32-6-2-4-16-36-32/h7-14,17-18,31-32H,1-6,15-16,21-22H2. The Balaban J connectivity index is 1.36. The molecule has 2 atom stereocenters. The van der Waals surface area contributed by atoms with Gasteiger partial charge in [-0.2, -0.15) is 10.5 Å². The van der Waals surface area contributed by atoms with Crippen LogP contribution in [-0.2, 0) is 32.2 Å². The molecule has 3 aromatic rings. The van der Waals surface area contributed by atoms with Crippen LogP contribution in [0.3, 0.4) is 0 Å². The predicted molar refractivity (Wildman–Crippen MR) is 144 cm³/mol. The van der Waals surface area contributed by atoms with Gasteiger partial charge in [0.05, 0.1) is 24.3 Å². The van der Waals surface area contributed by atoms with Crippen LogP contribution in [0, 0.1) is 22.7 Å². The molecular weight excluding hydrogens is 476 g/mol. The van der Waals surface area contributed by atoms with Gasteiger partial charge in [-0.3, -0.25) is 0 Å². The maximum Gasteiger partial charge on any atom is 0.158 e. The molecule has 0 N–H and O–H groups in total. The minimum Gasteiger partial charge on any atom is -0.353 e. The molecule has 3 aromatic carbocycles. The molecule has 0 aromatic heterocycles. The molecule has 0 bridgehead atoms. The van der Waals surface area contributed by atoms with Crippen LogP contribution in [0.2, 0.25) is 0 Å². The highest BCUT2D eigenvalue weighted by atomic mass is 16.7. The second-order valence-corrected chi connectivity index (χ2v) is 9.78. The summed E-state index contributed by atoms with van der Waals surface area (Å²) >= 11 is 0. The lowest BCUT2D eigenvalue weighted by Crippen LogP contribution is -2.21. The topological polar surface area (TPSA) is 84.5 Å². The molecule has 2 aliphatic heterocycles. The highest BCUT2D eigenvalue weighted by Crippen LogP contribution is 2.35. The summed E-state index contributed by atoms with van der Waals surface area (Å²) in [6.45, 7) is 2.50. The number of hydrogen-bond acceptors (Lipinski definition) is 6. The van der Waals surface area contributed by atoms with Crippen molar-refractivity contribution in [1.82, 2.24) is 0 Å². The van der Waals surface area contributed by atoms with Gasteiger partial charge in [-0.05, 0) is 84.0 Å². The first kappa shape index (κ1) is 26.1. The second-order valence-electron chi connectivity index (χ2n) is 9.78. The average Bonchev–Trinajstić information content (AvgIpc) is 3.00. The smallest absolute Gasteiger partial charge is 0.158 e. The molecule has 0 amide bonds. The maximum atomic E-state index is 9.67. The Hall–Kier alpha value is -3.52. The van der Waals surface area contributed by atoms with Crippen molar-refractivity contribution < 1.29 is 18.9 Å². The lowest BCUT2D eigenvalue weighted by molar-refractivity contribution is -0.169. The summed E-state index contributed by atoms with van der Waals surface area (Å²) in [7, 11) is 0. The average molecular weight is 509 g/mol. The molecule has 0 saturated carbocycles. The zero-order chi connectivity index (χ0) is 26.2. The third kappa shape index (κ3) is 6.48. The van der Waals surface area contributed by atoms with Crippen LogP contribution in [0.4, 0.5) is 0 Å². The van der Waals surface area contributed by atoms with Crippen LogP contribution in [0.25, 0.3) is 22.3 Å². The van der Waals surface area contributed by atoms with E-state index in [1.165, 1.54) is 0 Å². The van der Waals surface area contributed by atoms with Crippen LogP contribution in [0.5, 0.6) is 0 Å². The molecule has 38 heavy (non-hydrogen) atoms. The van der Waals surface area contributed by atoms with E-state index in [0.29, 0.717) is 24.3 Å². The zero-order valence-corrected chi connectivity index (χ0v) is 21.5. The van der Waals surface area contributed by atoms with Crippen LogP contribution in [0.1, 0.15) is 60.8 Å². The Morgan fingerprint density at radius 3 is 1.39 bits per heavy atom. The molecule has 6 heteroatoms. The molecule has 2 saturated heterocycles. The maximum absolute atomic E-state index is 9.67. The van der Waals surface area contributed by atoms with Crippen molar-refractivity contribution in [2.75, 3.05) is 13.2 Å². The number of rotatable bonds is 8. The van der Waals surface area contributed by atoms with Gasteiger partial charge >= 0.3 is 0 Å². The molecule has 2 aliphatic rings. The van der Waals surface area contributed by atoms with E-state index in [2.05, 4.69) is 12.1 Å². The van der Waals surface area contributed by atoms with E-state index in [-0.39, 0.29) is 12.6 Å². The fourth-order valence-corrected chi connectivity index (χ4v) is 4.89. The van der Waals surface area contributed by atoms with E-state index < -0.39 is 0 Å². The van der Waals surface area contributed by atoms with E-state index in [4.69, 9.17) is 18.9 Å². The monoisotopic (exact) mass is 508 g/mol. The van der Waals surface area contributed by atoms with Crippen LogP contribution >= 0.6 is 0 Å². The first-order chi connectivity index (χ1) is 18.7. The first-order valence-electron chi connectivity index (χ1n) is 13.4. The Morgan fingerprint density at radius 2 is 1.05 bits per heavy atom. The number of nitriles is 2. The van der Waals surface area contributed by atoms with Gasteiger partial charge in [-0.25, -0.2) is 0 Å². The normalized spacial score (nSPS) is 19.4. The molecule has 2 heterocycles. The van der Waals surface area contributed by atoms with Crippen molar-refractivity contribution in [2.45, 2.75) is 64.3 Å². The summed E-state index contributed by atoms with van der Waals surface area (Å²) in [4.78, 5) is 0. The molecule has 0 aliphatic carbocycles. The highest BCUT2D eigenvalue weighted by molar-refractivity contribution is 5.86. The molecule has 0 radical (unpaired) electrons. The van der Waals surface area contributed by atoms with Gasteiger partial charge in [0.25, 0.3) is 0 Å². The summed E-state index contributed by atoms with van der Waals surface area (Å²) < 4.78 is 23.2. The minimum atomic E-state index is -0.129. The van der Waals surface area contributed by atoms with Gasteiger partial charge in [-0.1, -0.05) is 48.5 Å². The van der Waals surface area contributed by atoms with Crippen molar-refractivity contribution in [2.24, 2.45) is 0 Å². The van der Waals surface area contributed by atoms with Gasteiger partial charge in [0.1, 0.15) is 12.1 Å². The molecule has 194 valence electrons. The van der Waals surface area contributed by atoms with Gasteiger partial charge in [-0.15, -0.1) is 0 Å². The summed E-state index contributed by atoms with van der Waals surface area (Å²) in [5, 5.41) is 19.3. The summed E-state index contributed by atoms with van der Waals surface area (Å²) in [6.07, 6.45) is 6.07. The predicted octanol–water partition coefficient (Wildman–Crippen LogP) is 6.85. The Morgan fingerprint density at radius 1 is 0.632 bits per heavy atom. The SMILES string of the molecule is N#Cc1cc(-c2ccc(COC3CCCCO3)cc2)c(-c2ccc(COC3CCCCO3)cc2)cc1C#N. The molecule has 5 rings (SSSR count). The largest absolute Gasteiger partial charge is 0.353 e. The number of hydrogen-bond donors (Lipinski definition) is 0. The second kappa shape index (κ2) is 12.8. The van der Waals surface area contributed by atoms with Gasteiger partial charge < -0.3 is 18.9 Å². The molecule has 0 spiro atoms. The van der Waals surface area contributed by atoms with Crippen LogP contribution in [-0.4, -0.2) is 25.8 Å². The number of benzene rings is 3. The van der Waals surface area contributed by atoms with Crippen molar-refractivity contribution in [1.29, 1.82) is 10.5 Å².